The Morgan fingerprint density at radius 3 is 2.42 bits per heavy atom. The van der Waals surface area contributed by atoms with Crippen LogP contribution in [0.5, 0.6) is 0 Å². The predicted octanol–water partition coefficient (Wildman–Crippen LogP) is 2.29. The van der Waals surface area contributed by atoms with Crippen molar-refractivity contribution in [1.29, 1.82) is 0 Å². The Morgan fingerprint density at radius 1 is 1.42 bits per heavy atom. The summed E-state index contributed by atoms with van der Waals surface area (Å²) in [4.78, 5) is 12.9. The fourth-order valence-electron chi connectivity index (χ4n) is 2.22. The lowest BCUT2D eigenvalue weighted by atomic mass is 9.92. The second kappa shape index (κ2) is 4.93. The average molecular weight is 276 g/mol. The van der Waals surface area contributed by atoms with Crippen molar-refractivity contribution in [3.05, 3.63) is 35.9 Å². The van der Waals surface area contributed by atoms with Crippen LogP contribution in [-0.2, 0) is 10.2 Å². The number of benzene rings is 1. The van der Waals surface area contributed by atoms with E-state index < -0.39 is 5.54 Å². The first-order valence-corrected chi connectivity index (χ1v) is 7.03. The monoisotopic (exact) mass is 276 g/mol. The molecule has 2 rings (SSSR count). The van der Waals surface area contributed by atoms with Crippen LogP contribution in [0.1, 0.15) is 38.7 Å². The second-order valence-corrected chi connectivity index (χ2v) is 5.89. The van der Waals surface area contributed by atoms with Crippen molar-refractivity contribution in [1.82, 2.24) is 5.32 Å². The molecule has 3 N–H and O–H groups in total. The van der Waals surface area contributed by atoms with E-state index in [1.165, 1.54) is 0 Å². The molecule has 1 atom stereocenters. The number of hydrogen-bond acceptors (Lipinski definition) is 2. The van der Waals surface area contributed by atoms with Crippen molar-refractivity contribution in [3.63, 3.8) is 0 Å². The molecule has 0 aromatic heterocycles. The van der Waals surface area contributed by atoms with Crippen LogP contribution in [0, 0.1) is 0 Å². The van der Waals surface area contributed by atoms with Gasteiger partial charge in [0.2, 0.25) is 5.91 Å². The predicted molar refractivity (Wildman–Crippen MR) is 81.0 cm³/mol. The minimum Gasteiger partial charge on any atom is -0.391 e. The van der Waals surface area contributed by atoms with Crippen LogP contribution in [-0.4, -0.2) is 16.4 Å². The van der Waals surface area contributed by atoms with Crippen LogP contribution in [0.25, 0.3) is 0 Å². The molecule has 0 heterocycles. The van der Waals surface area contributed by atoms with Gasteiger partial charge in [-0.2, -0.15) is 0 Å². The Kier molecular flexibility index (Phi) is 3.63. The Morgan fingerprint density at radius 2 is 2.00 bits per heavy atom. The number of amides is 1. The summed E-state index contributed by atoms with van der Waals surface area (Å²) in [5.74, 6) is 0.0378. The first kappa shape index (κ1) is 14.0. The van der Waals surface area contributed by atoms with Gasteiger partial charge in [0.05, 0.1) is 15.9 Å². The van der Waals surface area contributed by atoms with E-state index >= 15 is 0 Å². The molecule has 0 spiro atoms. The zero-order valence-corrected chi connectivity index (χ0v) is 12.2. The van der Waals surface area contributed by atoms with E-state index in [0.717, 1.165) is 18.4 Å². The van der Waals surface area contributed by atoms with E-state index in [4.69, 9.17) is 18.0 Å². The number of hydrogen-bond donors (Lipinski definition) is 2. The molecular formula is C15H20N2OS. The van der Waals surface area contributed by atoms with Crippen LogP contribution in [0.3, 0.4) is 0 Å². The standard InChI is InChI=1S/C15H20N2OS/c1-3-14(2,12(16)19)17-13(18)15(9-10-15)11-7-5-4-6-8-11/h4-8H,3,9-10H2,1-2H3,(H2,16,19)(H,17,18). The largest absolute Gasteiger partial charge is 0.391 e. The number of thiocarbonyl (C=S) groups is 1. The number of rotatable bonds is 5. The highest BCUT2D eigenvalue weighted by molar-refractivity contribution is 7.80. The van der Waals surface area contributed by atoms with Crippen LogP contribution in [0.4, 0.5) is 0 Å². The van der Waals surface area contributed by atoms with E-state index in [2.05, 4.69) is 5.32 Å². The minimum absolute atomic E-state index is 0.0378. The zero-order valence-electron chi connectivity index (χ0n) is 11.4. The number of carbonyl (C=O) groups is 1. The quantitative estimate of drug-likeness (QED) is 0.811. The lowest BCUT2D eigenvalue weighted by Crippen LogP contribution is -2.56. The zero-order chi connectivity index (χ0) is 14.1. The van der Waals surface area contributed by atoms with Crippen molar-refractivity contribution >= 4 is 23.1 Å². The third-order valence-corrected chi connectivity index (χ3v) is 4.60. The first-order valence-electron chi connectivity index (χ1n) is 6.63. The Hall–Kier alpha value is -1.42. The molecule has 0 aliphatic heterocycles. The highest BCUT2D eigenvalue weighted by Crippen LogP contribution is 2.48. The molecule has 102 valence electrons. The number of carbonyl (C=O) groups excluding carboxylic acids is 1. The van der Waals surface area contributed by atoms with E-state index in [0.29, 0.717) is 11.4 Å². The van der Waals surface area contributed by atoms with Gasteiger partial charge >= 0.3 is 0 Å². The van der Waals surface area contributed by atoms with Crippen molar-refractivity contribution in [2.24, 2.45) is 5.73 Å². The van der Waals surface area contributed by atoms with Gasteiger partial charge in [0.15, 0.2) is 0 Å². The molecule has 1 aliphatic rings. The van der Waals surface area contributed by atoms with Gasteiger partial charge in [-0.25, -0.2) is 0 Å². The van der Waals surface area contributed by atoms with Gasteiger partial charge in [0.1, 0.15) is 0 Å². The fraction of sp³-hybridized carbons (Fsp3) is 0.467. The molecule has 1 unspecified atom stereocenters. The third kappa shape index (κ3) is 2.50. The summed E-state index contributed by atoms with van der Waals surface area (Å²) in [6, 6.07) is 9.92. The van der Waals surface area contributed by atoms with Crippen LogP contribution in [0.15, 0.2) is 30.3 Å². The van der Waals surface area contributed by atoms with Gasteiger partial charge in [-0.05, 0) is 31.7 Å². The molecule has 4 heteroatoms. The molecular weight excluding hydrogens is 256 g/mol. The van der Waals surface area contributed by atoms with Crippen LogP contribution in [0.2, 0.25) is 0 Å². The summed E-state index contributed by atoms with van der Waals surface area (Å²) >= 11 is 5.07. The summed E-state index contributed by atoms with van der Waals surface area (Å²) in [7, 11) is 0. The van der Waals surface area contributed by atoms with E-state index in [9.17, 15) is 4.79 Å². The Bertz CT molecular complexity index is 496. The topological polar surface area (TPSA) is 55.1 Å². The van der Waals surface area contributed by atoms with Crippen molar-refractivity contribution in [2.45, 2.75) is 44.1 Å². The Labute approximate surface area is 119 Å². The molecule has 19 heavy (non-hydrogen) atoms. The van der Waals surface area contributed by atoms with Gasteiger partial charge in [-0.1, -0.05) is 49.5 Å². The summed E-state index contributed by atoms with van der Waals surface area (Å²) in [5.41, 5.74) is 5.85. The van der Waals surface area contributed by atoms with E-state index in [1.807, 2.05) is 44.2 Å². The first-order chi connectivity index (χ1) is 8.94. The number of nitrogens with two attached hydrogens (primary N) is 1. The number of nitrogens with one attached hydrogen (secondary N) is 1. The SMILES string of the molecule is CCC(C)(NC(=O)C1(c2ccccc2)CC1)C(N)=S. The molecule has 3 nitrogen and oxygen atoms in total. The second-order valence-electron chi connectivity index (χ2n) is 5.45. The molecule has 1 amide bonds. The van der Waals surface area contributed by atoms with E-state index in [1.54, 1.807) is 0 Å². The molecule has 1 aromatic rings. The van der Waals surface area contributed by atoms with Crippen molar-refractivity contribution < 1.29 is 4.79 Å². The molecule has 1 saturated carbocycles. The van der Waals surface area contributed by atoms with Crippen molar-refractivity contribution in [3.8, 4) is 0 Å². The third-order valence-electron chi connectivity index (χ3n) is 4.15. The van der Waals surface area contributed by atoms with Gasteiger partial charge in [-0.3, -0.25) is 4.79 Å². The smallest absolute Gasteiger partial charge is 0.231 e. The molecule has 1 fully saturated rings. The lowest BCUT2D eigenvalue weighted by molar-refractivity contribution is -0.124. The maximum absolute atomic E-state index is 12.6. The normalized spacial score (nSPS) is 19.3. The molecule has 0 radical (unpaired) electrons. The summed E-state index contributed by atoms with van der Waals surface area (Å²) < 4.78 is 0. The summed E-state index contributed by atoms with van der Waals surface area (Å²) in [6.45, 7) is 3.86. The van der Waals surface area contributed by atoms with Crippen LogP contribution < -0.4 is 11.1 Å². The summed E-state index contributed by atoms with van der Waals surface area (Å²) in [5, 5.41) is 3.04. The molecule has 1 aliphatic carbocycles. The highest BCUT2D eigenvalue weighted by Gasteiger charge is 2.52. The minimum atomic E-state index is -0.600. The molecule has 0 bridgehead atoms. The van der Waals surface area contributed by atoms with E-state index in [-0.39, 0.29) is 11.3 Å². The van der Waals surface area contributed by atoms with Crippen molar-refractivity contribution in [2.75, 3.05) is 0 Å². The Balaban J connectivity index is 2.19. The molecule has 1 aromatic carbocycles. The lowest BCUT2D eigenvalue weighted by Gasteiger charge is -2.30. The maximum Gasteiger partial charge on any atom is 0.231 e. The van der Waals surface area contributed by atoms with Gasteiger partial charge in [0.25, 0.3) is 0 Å². The van der Waals surface area contributed by atoms with Gasteiger partial charge in [-0.15, -0.1) is 0 Å². The van der Waals surface area contributed by atoms with Gasteiger partial charge < -0.3 is 11.1 Å². The fourth-order valence-corrected chi connectivity index (χ4v) is 2.42. The summed E-state index contributed by atoms with van der Waals surface area (Å²) in [6.07, 6.45) is 2.47. The van der Waals surface area contributed by atoms with Crippen LogP contribution >= 0.6 is 12.2 Å². The highest BCUT2D eigenvalue weighted by atomic mass is 32.1. The molecule has 0 saturated heterocycles. The average Bonchev–Trinajstić information content (AvgIpc) is 3.21. The van der Waals surface area contributed by atoms with Gasteiger partial charge in [0, 0.05) is 0 Å². The maximum atomic E-state index is 12.6.